The number of aliphatic hydroxyl groups excluding tert-OH is 1. The van der Waals surface area contributed by atoms with Gasteiger partial charge in [-0.1, -0.05) is 0 Å². The monoisotopic (exact) mass is 388 g/mol. The molecule has 1 aliphatic heterocycles. The number of nitrogens with one attached hydrogen (secondary N) is 2. The molecular weight excluding hydrogens is 364 g/mol. The van der Waals surface area contributed by atoms with E-state index in [2.05, 4.69) is 5.32 Å². The Balaban J connectivity index is 2.85. The molecule has 0 spiro atoms. The van der Waals surface area contributed by atoms with Gasteiger partial charge in [0, 0.05) is 13.0 Å². The number of aliphatic carboxylic acids is 2. The number of carboxylic acids is 2. The van der Waals surface area contributed by atoms with Crippen LogP contribution in [0.4, 0.5) is 0 Å². The molecule has 0 radical (unpaired) electrons. The van der Waals surface area contributed by atoms with Crippen LogP contribution >= 0.6 is 0 Å². The van der Waals surface area contributed by atoms with Crippen LogP contribution in [0.25, 0.3) is 0 Å². The first-order chi connectivity index (χ1) is 12.7. The van der Waals surface area contributed by atoms with Crippen LogP contribution in [-0.4, -0.2) is 87.7 Å². The molecule has 0 saturated carbocycles. The Bertz CT molecular complexity index is 596. The topological polar surface area (TPSA) is 199 Å². The van der Waals surface area contributed by atoms with Crippen molar-refractivity contribution in [3.05, 3.63) is 0 Å². The van der Waals surface area contributed by atoms with Crippen molar-refractivity contribution < 1.29 is 39.3 Å². The Morgan fingerprint density at radius 3 is 2.30 bits per heavy atom. The van der Waals surface area contributed by atoms with Crippen LogP contribution < -0.4 is 16.4 Å². The van der Waals surface area contributed by atoms with Crippen molar-refractivity contribution in [2.45, 2.75) is 43.8 Å². The number of nitrogens with two attached hydrogens (primary N) is 1. The predicted octanol–water partition coefficient (Wildman–Crippen LogP) is -3.15. The van der Waals surface area contributed by atoms with Crippen molar-refractivity contribution in [3.8, 4) is 0 Å². The van der Waals surface area contributed by atoms with Gasteiger partial charge < -0.3 is 36.6 Å². The minimum Gasteiger partial charge on any atom is -0.481 e. The predicted molar refractivity (Wildman–Crippen MR) is 89.2 cm³/mol. The molecule has 1 fully saturated rings. The third-order valence-electron chi connectivity index (χ3n) is 4.13. The first-order valence-corrected chi connectivity index (χ1v) is 8.37. The van der Waals surface area contributed by atoms with Crippen molar-refractivity contribution in [1.82, 2.24) is 15.5 Å². The summed E-state index contributed by atoms with van der Waals surface area (Å²) in [6.45, 7) is -0.808. The zero-order valence-electron chi connectivity index (χ0n) is 14.6. The largest absolute Gasteiger partial charge is 0.481 e. The fourth-order valence-corrected chi connectivity index (χ4v) is 2.72. The molecule has 12 heteroatoms. The van der Waals surface area contributed by atoms with E-state index in [0.717, 1.165) is 0 Å². The van der Waals surface area contributed by atoms with E-state index in [9.17, 15) is 24.0 Å². The molecule has 3 amide bonds. The average molecular weight is 388 g/mol. The Labute approximate surface area is 154 Å². The lowest BCUT2D eigenvalue weighted by Gasteiger charge is -2.26. The number of hydrogen-bond donors (Lipinski definition) is 6. The van der Waals surface area contributed by atoms with E-state index in [1.165, 1.54) is 4.90 Å². The molecule has 1 aliphatic rings. The summed E-state index contributed by atoms with van der Waals surface area (Å²) >= 11 is 0. The second-order valence-electron chi connectivity index (χ2n) is 6.02. The van der Waals surface area contributed by atoms with E-state index in [4.69, 9.17) is 21.1 Å². The molecule has 1 saturated heterocycles. The van der Waals surface area contributed by atoms with Gasteiger partial charge in [0.15, 0.2) is 0 Å². The molecule has 3 unspecified atom stereocenters. The number of nitrogens with zero attached hydrogens (tertiary/aromatic N) is 1. The normalized spacial score (nSPS) is 18.4. The van der Waals surface area contributed by atoms with Gasteiger partial charge in [-0.05, 0) is 19.3 Å². The molecule has 7 N–H and O–H groups in total. The van der Waals surface area contributed by atoms with Crippen LogP contribution in [0.5, 0.6) is 0 Å². The molecular formula is C15H24N4O8. The summed E-state index contributed by atoms with van der Waals surface area (Å²) in [6, 6.07) is -3.77. The van der Waals surface area contributed by atoms with E-state index in [0.29, 0.717) is 19.4 Å². The molecule has 0 aromatic carbocycles. The van der Waals surface area contributed by atoms with Gasteiger partial charge in [0.1, 0.15) is 18.1 Å². The second-order valence-corrected chi connectivity index (χ2v) is 6.02. The van der Waals surface area contributed by atoms with Gasteiger partial charge in [-0.15, -0.1) is 0 Å². The standard InChI is InChI=1S/C15H24N4O8/c16-6-11(21)19-5-1-2-10(19)14(25)17-8(3-4-12(22)23)13(24)18-9(7-20)15(26)27/h8-10,20H,1-7,16H2,(H,17,25)(H,18,24)(H,22,23)(H,26,27). The molecule has 12 nitrogen and oxygen atoms in total. The van der Waals surface area contributed by atoms with Crippen LogP contribution in [0, 0.1) is 0 Å². The van der Waals surface area contributed by atoms with E-state index in [1.807, 2.05) is 5.32 Å². The van der Waals surface area contributed by atoms with E-state index >= 15 is 0 Å². The summed E-state index contributed by atoms with van der Waals surface area (Å²) in [6.07, 6.45) is 0.189. The van der Waals surface area contributed by atoms with Gasteiger partial charge in [0.2, 0.25) is 17.7 Å². The molecule has 0 aliphatic carbocycles. The van der Waals surface area contributed by atoms with Crippen LogP contribution in [0.1, 0.15) is 25.7 Å². The highest BCUT2D eigenvalue weighted by Crippen LogP contribution is 2.17. The Morgan fingerprint density at radius 1 is 1.11 bits per heavy atom. The number of rotatable bonds is 10. The number of carboxylic acid groups (broad SMARTS) is 2. The zero-order valence-corrected chi connectivity index (χ0v) is 14.6. The molecule has 3 atom stereocenters. The first kappa shape index (κ1) is 22.3. The molecule has 0 aromatic heterocycles. The van der Waals surface area contributed by atoms with E-state index < -0.39 is 60.8 Å². The van der Waals surface area contributed by atoms with E-state index in [-0.39, 0.29) is 13.0 Å². The fourth-order valence-electron chi connectivity index (χ4n) is 2.72. The summed E-state index contributed by atoms with van der Waals surface area (Å²) in [5.74, 6) is -4.72. The summed E-state index contributed by atoms with van der Waals surface area (Å²) in [5, 5.41) is 31.1. The Morgan fingerprint density at radius 2 is 1.78 bits per heavy atom. The van der Waals surface area contributed by atoms with Crippen molar-refractivity contribution in [3.63, 3.8) is 0 Å². The Kier molecular flexibility index (Phi) is 8.62. The van der Waals surface area contributed by atoms with Crippen molar-refractivity contribution in [2.24, 2.45) is 5.73 Å². The Hall–Kier alpha value is -2.73. The van der Waals surface area contributed by atoms with Crippen LogP contribution in [0.15, 0.2) is 0 Å². The lowest BCUT2D eigenvalue weighted by Crippen LogP contribution is -2.56. The number of aliphatic hydroxyl groups is 1. The minimum absolute atomic E-state index is 0.274. The molecule has 152 valence electrons. The fraction of sp³-hybridized carbons (Fsp3) is 0.667. The van der Waals surface area contributed by atoms with Gasteiger partial charge in [-0.25, -0.2) is 4.79 Å². The number of carbonyl (C=O) groups is 5. The SMILES string of the molecule is NCC(=O)N1CCCC1C(=O)NC(CCC(=O)O)C(=O)NC(CO)C(=O)O. The molecule has 1 rings (SSSR count). The maximum Gasteiger partial charge on any atom is 0.328 e. The third-order valence-corrected chi connectivity index (χ3v) is 4.13. The van der Waals surface area contributed by atoms with Crippen LogP contribution in [-0.2, 0) is 24.0 Å². The summed E-state index contributed by atoms with van der Waals surface area (Å²) in [5.41, 5.74) is 5.31. The van der Waals surface area contributed by atoms with Gasteiger partial charge in [-0.3, -0.25) is 19.2 Å². The number of hydrogen-bond acceptors (Lipinski definition) is 7. The van der Waals surface area contributed by atoms with Gasteiger partial charge in [0.25, 0.3) is 0 Å². The van der Waals surface area contributed by atoms with Crippen LogP contribution in [0.2, 0.25) is 0 Å². The molecule has 27 heavy (non-hydrogen) atoms. The quantitative estimate of drug-likeness (QED) is 0.223. The first-order valence-electron chi connectivity index (χ1n) is 8.37. The summed E-state index contributed by atoms with van der Waals surface area (Å²) < 4.78 is 0. The highest BCUT2D eigenvalue weighted by atomic mass is 16.4. The maximum absolute atomic E-state index is 12.5. The summed E-state index contributed by atoms with van der Waals surface area (Å²) in [7, 11) is 0. The zero-order chi connectivity index (χ0) is 20.6. The lowest BCUT2D eigenvalue weighted by atomic mass is 10.1. The average Bonchev–Trinajstić information content (AvgIpc) is 3.11. The number of amides is 3. The number of carbonyl (C=O) groups excluding carboxylic acids is 3. The van der Waals surface area contributed by atoms with Gasteiger partial charge in [-0.2, -0.15) is 0 Å². The van der Waals surface area contributed by atoms with Gasteiger partial charge >= 0.3 is 11.9 Å². The number of likely N-dealkylation sites (tertiary alicyclic amines) is 1. The van der Waals surface area contributed by atoms with Crippen molar-refractivity contribution in [2.75, 3.05) is 19.7 Å². The molecule has 0 bridgehead atoms. The minimum atomic E-state index is -1.59. The lowest BCUT2D eigenvalue weighted by molar-refractivity contribution is -0.144. The summed E-state index contributed by atoms with van der Waals surface area (Å²) in [4.78, 5) is 59.5. The highest BCUT2D eigenvalue weighted by molar-refractivity contribution is 5.94. The second kappa shape index (κ2) is 10.4. The maximum atomic E-state index is 12.5. The van der Waals surface area contributed by atoms with Crippen molar-refractivity contribution in [1.29, 1.82) is 0 Å². The van der Waals surface area contributed by atoms with Crippen LogP contribution in [0.3, 0.4) is 0 Å². The highest BCUT2D eigenvalue weighted by Gasteiger charge is 2.35. The van der Waals surface area contributed by atoms with Gasteiger partial charge in [0.05, 0.1) is 13.2 Å². The van der Waals surface area contributed by atoms with Crippen molar-refractivity contribution >= 4 is 29.7 Å². The molecule has 1 heterocycles. The smallest absolute Gasteiger partial charge is 0.328 e. The third kappa shape index (κ3) is 6.49. The molecule has 0 aromatic rings. The van der Waals surface area contributed by atoms with E-state index in [1.54, 1.807) is 0 Å².